The van der Waals surface area contributed by atoms with Gasteiger partial charge in [0.15, 0.2) is 0 Å². The number of fused-ring (bicyclic) bond motifs is 1. The molecule has 0 heterocycles. The second-order valence-corrected chi connectivity index (χ2v) is 7.38. The standard InChI is InChI=1S/C22H23NO2S/c1-17(26-16-18-8-3-2-4-9-18)22(24)23-14-15-25-21-13-7-11-19-10-5-6-12-20(19)21/h2-13,17H,14-16H2,1H3,(H,23,24)/t17-/m1/s1. The number of thioether (sulfide) groups is 1. The zero-order valence-electron chi connectivity index (χ0n) is 14.9. The van der Waals surface area contributed by atoms with E-state index in [2.05, 4.69) is 29.6 Å². The molecular formula is C22H23NO2S. The van der Waals surface area contributed by atoms with Crippen molar-refractivity contribution in [3.8, 4) is 5.75 Å². The van der Waals surface area contributed by atoms with Gasteiger partial charge >= 0.3 is 0 Å². The van der Waals surface area contributed by atoms with Crippen molar-refractivity contribution < 1.29 is 9.53 Å². The Kier molecular flexibility index (Phi) is 6.56. The smallest absolute Gasteiger partial charge is 0.232 e. The van der Waals surface area contributed by atoms with Crippen LogP contribution in [-0.4, -0.2) is 24.3 Å². The molecule has 3 aromatic rings. The Balaban J connectivity index is 1.42. The van der Waals surface area contributed by atoms with E-state index in [9.17, 15) is 4.79 Å². The molecular weight excluding hydrogens is 342 g/mol. The molecule has 0 bridgehead atoms. The van der Waals surface area contributed by atoms with Crippen LogP contribution >= 0.6 is 11.8 Å². The van der Waals surface area contributed by atoms with Gasteiger partial charge < -0.3 is 10.1 Å². The summed E-state index contributed by atoms with van der Waals surface area (Å²) < 4.78 is 5.86. The molecule has 26 heavy (non-hydrogen) atoms. The van der Waals surface area contributed by atoms with Crippen molar-refractivity contribution in [2.24, 2.45) is 0 Å². The molecule has 1 amide bonds. The fourth-order valence-electron chi connectivity index (χ4n) is 2.67. The van der Waals surface area contributed by atoms with Crippen molar-refractivity contribution in [2.75, 3.05) is 13.2 Å². The highest BCUT2D eigenvalue weighted by Gasteiger charge is 2.12. The predicted octanol–water partition coefficient (Wildman–Crippen LogP) is 4.66. The lowest BCUT2D eigenvalue weighted by atomic mass is 10.1. The third-order valence-corrected chi connectivity index (χ3v) is 5.33. The largest absolute Gasteiger partial charge is 0.491 e. The Labute approximate surface area is 158 Å². The van der Waals surface area contributed by atoms with Crippen molar-refractivity contribution in [1.29, 1.82) is 0 Å². The van der Waals surface area contributed by atoms with Crippen LogP contribution in [0.2, 0.25) is 0 Å². The monoisotopic (exact) mass is 365 g/mol. The quantitative estimate of drug-likeness (QED) is 0.590. The van der Waals surface area contributed by atoms with E-state index in [4.69, 9.17) is 4.74 Å². The van der Waals surface area contributed by atoms with E-state index in [1.54, 1.807) is 11.8 Å². The molecule has 1 N–H and O–H groups in total. The molecule has 3 aromatic carbocycles. The number of hydrogen-bond donors (Lipinski definition) is 1. The van der Waals surface area contributed by atoms with Crippen molar-refractivity contribution in [3.05, 3.63) is 78.4 Å². The number of carbonyl (C=O) groups excluding carboxylic acids is 1. The summed E-state index contributed by atoms with van der Waals surface area (Å²) in [6.07, 6.45) is 0. The number of ether oxygens (including phenoxy) is 1. The van der Waals surface area contributed by atoms with E-state index < -0.39 is 0 Å². The van der Waals surface area contributed by atoms with Crippen LogP contribution in [-0.2, 0) is 10.5 Å². The number of nitrogens with one attached hydrogen (secondary N) is 1. The van der Waals surface area contributed by atoms with Gasteiger partial charge in [-0.2, -0.15) is 0 Å². The lowest BCUT2D eigenvalue weighted by Gasteiger charge is -2.13. The summed E-state index contributed by atoms with van der Waals surface area (Å²) in [6.45, 7) is 2.89. The van der Waals surface area contributed by atoms with E-state index in [1.807, 2.05) is 55.5 Å². The van der Waals surface area contributed by atoms with E-state index in [1.165, 1.54) is 5.56 Å². The minimum absolute atomic E-state index is 0.0486. The number of amides is 1. The molecule has 0 fully saturated rings. The van der Waals surface area contributed by atoms with E-state index in [-0.39, 0.29) is 11.2 Å². The van der Waals surface area contributed by atoms with Crippen LogP contribution in [0.3, 0.4) is 0 Å². The molecule has 0 saturated carbocycles. The molecule has 0 aliphatic heterocycles. The maximum Gasteiger partial charge on any atom is 0.232 e. The average molecular weight is 365 g/mol. The van der Waals surface area contributed by atoms with Gasteiger partial charge in [0.2, 0.25) is 5.91 Å². The Morgan fingerprint density at radius 2 is 1.73 bits per heavy atom. The molecule has 0 radical (unpaired) electrons. The second kappa shape index (κ2) is 9.30. The van der Waals surface area contributed by atoms with E-state index in [0.29, 0.717) is 13.2 Å². The first-order valence-corrected chi connectivity index (χ1v) is 9.83. The van der Waals surface area contributed by atoms with Crippen LogP contribution < -0.4 is 10.1 Å². The lowest BCUT2D eigenvalue weighted by Crippen LogP contribution is -2.34. The first-order valence-electron chi connectivity index (χ1n) is 8.78. The third kappa shape index (κ3) is 5.02. The summed E-state index contributed by atoms with van der Waals surface area (Å²) in [7, 11) is 0. The average Bonchev–Trinajstić information content (AvgIpc) is 2.70. The lowest BCUT2D eigenvalue weighted by molar-refractivity contribution is -0.120. The molecule has 0 aromatic heterocycles. The molecule has 0 spiro atoms. The molecule has 1 atom stereocenters. The number of hydrogen-bond acceptors (Lipinski definition) is 3. The molecule has 0 unspecified atom stereocenters. The summed E-state index contributed by atoms with van der Waals surface area (Å²) in [5.41, 5.74) is 1.23. The van der Waals surface area contributed by atoms with Crippen molar-refractivity contribution in [3.63, 3.8) is 0 Å². The minimum Gasteiger partial charge on any atom is -0.491 e. The zero-order valence-corrected chi connectivity index (χ0v) is 15.7. The Hall–Kier alpha value is -2.46. The molecule has 0 saturated heterocycles. The molecule has 134 valence electrons. The Morgan fingerprint density at radius 1 is 1.00 bits per heavy atom. The minimum atomic E-state index is -0.0900. The van der Waals surface area contributed by atoms with Crippen molar-refractivity contribution >= 4 is 28.4 Å². The third-order valence-electron chi connectivity index (χ3n) is 4.12. The first-order chi connectivity index (χ1) is 12.7. The summed E-state index contributed by atoms with van der Waals surface area (Å²) in [4.78, 5) is 12.2. The predicted molar refractivity (Wildman–Crippen MR) is 110 cm³/mol. The number of carbonyl (C=O) groups is 1. The van der Waals surface area contributed by atoms with Crippen molar-refractivity contribution in [1.82, 2.24) is 5.32 Å². The highest BCUT2D eigenvalue weighted by atomic mass is 32.2. The zero-order chi connectivity index (χ0) is 18.2. The summed E-state index contributed by atoms with van der Waals surface area (Å²) in [5.74, 6) is 1.73. The van der Waals surface area contributed by atoms with Gasteiger partial charge in [-0.25, -0.2) is 0 Å². The van der Waals surface area contributed by atoms with Gasteiger partial charge in [0.25, 0.3) is 0 Å². The highest BCUT2D eigenvalue weighted by molar-refractivity contribution is 7.99. The fraction of sp³-hybridized carbons (Fsp3) is 0.227. The topological polar surface area (TPSA) is 38.3 Å². The van der Waals surface area contributed by atoms with E-state index in [0.717, 1.165) is 22.3 Å². The van der Waals surface area contributed by atoms with Crippen LogP contribution in [0.15, 0.2) is 72.8 Å². The molecule has 3 nitrogen and oxygen atoms in total. The SMILES string of the molecule is C[C@@H](SCc1ccccc1)C(=O)NCCOc1cccc2ccccc12. The first kappa shape index (κ1) is 18.3. The van der Waals surface area contributed by atoms with Crippen molar-refractivity contribution in [2.45, 2.75) is 17.9 Å². The Morgan fingerprint density at radius 3 is 2.58 bits per heavy atom. The summed E-state index contributed by atoms with van der Waals surface area (Å²) in [6, 6.07) is 24.3. The van der Waals surface area contributed by atoms with E-state index >= 15 is 0 Å². The van der Waals surface area contributed by atoms with Crippen LogP contribution in [0.4, 0.5) is 0 Å². The molecule has 0 aliphatic rings. The van der Waals surface area contributed by atoms with Gasteiger partial charge in [-0.3, -0.25) is 4.79 Å². The second-order valence-electron chi connectivity index (χ2n) is 6.06. The highest BCUT2D eigenvalue weighted by Crippen LogP contribution is 2.24. The van der Waals surface area contributed by atoms with Gasteiger partial charge in [-0.1, -0.05) is 66.7 Å². The molecule has 0 aliphatic carbocycles. The van der Waals surface area contributed by atoms with Gasteiger partial charge in [-0.05, 0) is 23.9 Å². The maximum atomic E-state index is 12.2. The van der Waals surface area contributed by atoms with Crippen LogP contribution in [0.1, 0.15) is 12.5 Å². The van der Waals surface area contributed by atoms with Crippen LogP contribution in [0.5, 0.6) is 5.75 Å². The Bertz CT molecular complexity index is 846. The normalized spacial score (nSPS) is 11.9. The maximum absolute atomic E-state index is 12.2. The summed E-state index contributed by atoms with van der Waals surface area (Å²) in [5, 5.41) is 5.11. The van der Waals surface area contributed by atoms with Gasteiger partial charge in [0.05, 0.1) is 11.8 Å². The molecule has 4 heteroatoms. The van der Waals surface area contributed by atoms with Gasteiger partial charge in [0, 0.05) is 11.1 Å². The molecule has 3 rings (SSSR count). The number of rotatable bonds is 8. The fourth-order valence-corrected chi connectivity index (χ4v) is 3.54. The van der Waals surface area contributed by atoms with Crippen LogP contribution in [0.25, 0.3) is 10.8 Å². The van der Waals surface area contributed by atoms with Gasteiger partial charge in [0.1, 0.15) is 12.4 Å². The number of benzene rings is 3. The van der Waals surface area contributed by atoms with Gasteiger partial charge in [-0.15, -0.1) is 11.8 Å². The van der Waals surface area contributed by atoms with Crippen LogP contribution in [0, 0.1) is 0 Å². The summed E-state index contributed by atoms with van der Waals surface area (Å²) >= 11 is 1.64.